The Hall–Kier alpha value is -3.36. The largest absolute Gasteiger partial charge is 0.192 e. The molecule has 3 aromatic carbocycles. The van der Waals surface area contributed by atoms with Crippen LogP contribution in [-0.2, 0) is 6.42 Å². The molecule has 0 heterocycles. The van der Waals surface area contributed by atoms with Crippen molar-refractivity contribution in [1.82, 2.24) is 0 Å². The summed E-state index contributed by atoms with van der Waals surface area (Å²) >= 11 is 0. The summed E-state index contributed by atoms with van der Waals surface area (Å²) in [5, 5.41) is 18.9. The molecule has 0 amide bonds. The quantitative estimate of drug-likeness (QED) is 0.584. The molecule has 26 heavy (non-hydrogen) atoms. The summed E-state index contributed by atoms with van der Waals surface area (Å²) in [5.41, 5.74) is 7.17. The smallest absolute Gasteiger partial charge is 0.101 e. The lowest BCUT2D eigenvalue weighted by atomic mass is 9.92. The van der Waals surface area contributed by atoms with Crippen molar-refractivity contribution in [2.75, 3.05) is 0 Å². The molecule has 0 saturated carbocycles. The van der Waals surface area contributed by atoms with E-state index in [0.717, 1.165) is 35.1 Å². The second kappa shape index (κ2) is 7.68. The number of benzene rings is 3. The van der Waals surface area contributed by atoms with Crippen molar-refractivity contribution in [1.29, 1.82) is 10.5 Å². The van der Waals surface area contributed by atoms with Gasteiger partial charge in [0.25, 0.3) is 0 Å². The molecule has 0 aromatic heterocycles. The zero-order valence-electron chi connectivity index (χ0n) is 15.1. The van der Waals surface area contributed by atoms with Gasteiger partial charge in [0.15, 0.2) is 0 Å². The topological polar surface area (TPSA) is 47.6 Å². The molecule has 0 saturated heterocycles. The van der Waals surface area contributed by atoms with Crippen molar-refractivity contribution in [2.45, 2.75) is 26.7 Å². The van der Waals surface area contributed by atoms with Crippen molar-refractivity contribution in [3.05, 3.63) is 82.9 Å². The van der Waals surface area contributed by atoms with Crippen molar-refractivity contribution in [3.63, 3.8) is 0 Å². The number of nitrogens with zero attached hydrogens (tertiary/aromatic N) is 2. The van der Waals surface area contributed by atoms with Crippen molar-refractivity contribution in [3.8, 4) is 34.4 Å². The molecular weight excluding hydrogens is 316 g/mol. The molecule has 0 bridgehead atoms. The van der Waals surface area contributed by atoms with Gasteiger partial charge in [-0.05, 0) is 41.2 Å². The molecule has 2 nitrogen and oxygen atoms in total. The molecule has 3 aromatic rings. The van der Waals surface area contributed by atoms with E-state index in [9.17, 15) is 10.5 Å². The van der Waals surface area contributed by atoms with Gasteiger partial charge in [-0.3, -0.25) is 0 Å². The Labute approximate surface area is 155 Å². The fraction of sp³-hybridized carbons (Fsp3) is 0.167. The molecule has 3 rings (SSSR count). The summed E-state index contributed by atoms with van der Waals surface area (Å²) < 4.78 is 0. The van der Waals surface area contributed by atoms with Gasteiger partial charge in [-0.15, -0.1) is 0 Å². The summed E-state index contributed by atoms with van der Waals surface area (Å²) in [4.78, 5) is 0. The van der Waals surface area contributed by atoms with E-state index in [1.807, 2.05) is 31.2 Å². The van der Waals surface area contributed by atoms with Gasteiger partial charge in [0.2, 0.25) is 0 Å². The number of hydrogen-bond donors (Lipinski definition) is 0. The lowest BCUT2D eigenvalue weighted by Gasteiger charge is -2.09. The van der Waals surface area contributed by atoms with E-state index in [1.165, 1.54) is 11.1 Å². The van der Waals surface area contributed by atoms with Gasteiger partial charge in [-0.25, -0.2) is 0 Å². The van der Waals surface area contributed by atoms with Gasteiger partial charge in [-0.1, -0.05) is 74.0 Å². The maximum absolute atomic E-state index is 9.52. The highest BCUT2D eigenvalue weighted by Crippen LogP contribution is 2.30. The summed E-state index contributed by atoms with van der Waals surface area (Å²) in [7, 11) is 0. The molecule has 0 aliphatic rings. The highest BCUT2D eigenvalue weighted by molar-refractivity contribution is 5.77. The first-order chi connectivity index (χ1) is 12.7. The van der Waals surface area contributed by atoms with Gasteiger partial charge in [-0.2, -0.15) is 10.5 Å². The summed E-state index contributed by atoms with van der Waals surface area (Å²) in [5.74, 6) is 0. The zero-order valence-corrected chi connectivity index (χ0v) is 15.1. The Bertz CT molecular complexity index is 998. The van der Waals surface area contributed by atoms with Crippen LogP contribution in [0.1, 0.15) is 35.6 Å². The summed E-state index contributed by atoms with van der Waals surface area (Å²) in [6, 6.07) is 25.0. The number of nitriles is 2. The zero-order chi connectivity index (χ0) is 18.5. The molecule has 0 aliphatic carbocycles. The highest BCUT2D eigenvalue weighted by atomic mass is 14.3. The molecule has 2 heteroatoms. The first kappa shape index (κ1) is 17.5. The van der Waals surface area contributed by atoms with Crippen LogP contribution in [0.3, 0.4) is 0 Å². The van der Waals surface area contributed by atoms with Crippen molar-refractivity contribution in [2.24, 2.45) is 0 Å². The average molecular weight is 336 g/mol. The standard InChI is InChI=1S/C24H20N2/c1-3-4-18-6-8-19(9-7-18)20-10-12-21(13-11-20)22-14-5-17(2)23(15-25)24(22)16-26/h5-14H,3-4H2,1-2H3. The van der Waals surface area contributed by atoms with E-state index in [4.69, 9.17) is 0 Å². The molecular formula is C24H20N2. The minimum atomic E-state index is 0.448. The van der Waals surface area contributed by atoms with Crippen LogP contribution in [0.5, 0.6) is 0 Å². The Kier molecular flexibility index (Phi) is 5.16. The molecule has 0 unspecified atom stereocenters. The van der Waals surface area contributed by atoms with E-state index in [0.29, 0.717) is 11.1 Å². The van der Waals surface area contributed by atoms with Crippen LogP contribution in [0.25, 0.3) is 22.3 Å². The fourth-order valence-electron chi connectivity index (χ4n) is 3.20. The minimum absolute atomic E-state index is 0.448. The van der Waals surface area contributed by atoms with Crippen LogP contribution in [0.15, 0.2) is 60.7 Å². The second-order valence-electron chi connectivity index (χ2n) is 6.43. The first-order valence-electron chi connectivity index (χ1n) is 8.81. The highest BCUT2D eigenvalue weighted by Gasteiger charge is 2.12. The average Bonchev–Trinajstić information content (AvgIpc) is 2.68. The van der Waals surface area contributed by atoms with E-state index >= 15 is 0 Å². The predicted octanol–water partition coefficient (Wildman–Crippen LogP) is 6.02. The van der Waals surface area contributed by atoms with Gasteiger partial charge < -0.3 is 0 Å². The fourth-order valence-corrected chi connectivity index (χ4v) is 3.20. The normalized spacial score (nSPS) is 10.2. The van der Waals surface area contributed by atoms with Gasteiger partial charge in [0.1, 0.15) is 12.1 Å². The number of aryl methyl sites for hydroxylation is 2. The third-order valence-corrected chi connectivity index (χ3v) is 4.66. The third-order valence-electron chi connectivity index (χ3n) is 4.66. The van der Waals surface area contributed by atoms with E-state index in [2.05, 4.69) is 55.5 Å². The molecule has 0 atom stereocenters. The monoisotopic (exact) mass is 336 g/mol. The molecule has 0 aliphatic heterocycles. The van der Waals surface area contributed by atoms with Gasteiger partial charge in [0, 0.05) is 5.56 Å². The lowest BCUT2D eigenvalue weighted by Crippen LogP contribution is -1.93. The summed E-state index contributed by atoms with van der Waals surface area (Å²) in [6.45, 7) is 4.04. The third kappa shape index (κ3) is 3.37. The SMILES string of the molecule is CCCc1ccc(-c2ccc(-c3ccc(C)c(C#N)c3C#N)cc2)cc1. The van der Waals surface area contributed by atoms with Crippen LogP contribution < -0.4 is 0 Å². The van der Waals surface area contributed by atoms with Gasteiger partial charge in [0.05, 0.1) is 11.1 Å². The number of hydrogen-bond acceptors (Lipinski definition) is 2. The van der Waals surface area contributed by atoms with E-state index < -0.39 is 0 Å². The van der Waals surface area contributed by atoms with Crippen LogP contribution in [0.2, 0.25) is 0 Å². The van der Waals surface area contributed by atoms with Crippen LogP contribution in [0.4, 0.5) is 0 Å². The Balaban J connectivity index is 1.96. The molecule has 0 fully saturated rings. The first-order valence-corrected chi connectivity index (χ1v) is 8.81. The Morgan fingerprint density at radius 2 is 1.23 bits per heavy atom. The van der Waals surface area contributed by atoms with E-state index in [-0.39, 0.29) is 0 Å². The lowest BCUT2D eigenvalue weighted by molar-refractivity contribution is 0.922. The van der Waals surface area contributed by atoms with Gasteiger partial charge >= 0.3 is 0 Å². The van der Waals surface area contributed by atoms with E-state index in [1.54, 1.807) is 0 Å². The van der Waals surface area contributed by atoms with Crippen molar-refractivity contribution >= 4 is 0 Å². The second-order valence-corrected chi connectivity index (χ2v) is 6.43. The molecule has 0 spiro atoms. The predicted molar refractivity (Wildman–Crippen MR) is 105 cm³/mol. The Morgan fingerprint density at radius 3 is 1.77 bits per heavy atom. The minimum Gasteiger partial charge on any atom is -0.192 e. The van der Waals surface area contributed by atoms with Crippen LogP contribution in [0, 0.1) is 29.6 Å². The maximum atomic E-state index is 9.52. The van der Waals surface area contributed by atoms with Crippen LogP contribution >= 0.6 is 0 Å². The molecule has 0 radical (unpaired) electrons. The molecule has 0 N–H and O–H groups in total. The summed E-state index contributed by atoms with van der Waals surface area (Å²) in [6.07, 6.45) is 2.25. The maximum Gasteiger partial charge on any atom is 0.101 e. The Morgan fingerprint density at radius 1 is 0.692 bits per heavy atom. The van der Waals surface area contributed by atoms with Crippen LogP contribution in [-0.4, -0.2) is 0 Å². The number of rotatable bonds is 4. The molecule has 126 valence electrons. The van der Waals surface area contributed by atoms with Crippen molar-refractivity contribution < 1.29 is 0 Å².